The number of carbonyl (C=O) groups excluding carboxylic acids is 1. The van der Waals surface area contributed by atoms with Gasteiger partial charge in [-0.2, -0.15) is 0 Å². The number of carboxylic acids is 1. The molecule has 142 valence electrons. The summed E-state index contributed by atoms with van der Waals surface area (Å²) in [6.07, 6.45) is 2.13. The third-order valence-corrected chi connectivity index (χ3v) is 4.62. The molecule has 2 aromatic rings. The molecule has 0 aliphatic carbocycles. The molecule has 3 rings (SSSR count). The number of aliphatic carboxylic acids is 1. The molecule has 1 aromatic carbocycles. The molecule has 0 radical (unpaired) electrons. The van der Waals surface area contributed by atoms with Gasteiger partial charge in [0.15, 0.2) is 0 Å². The van der Waals surface area contributed by atoms with Crippen LogP contribution < -0.4 is 15.5 Å². The van der Waals surface area contributed by atoms with E-state index in [0.29, 0.717) is 13.0 Å². The number of pyridine rings is 1. The number of carboxylic acid groups (broad SMARTS) is 1. The number of amides is 2. The normalized spacial score (nSPS) is 13.2. The summed E-state index contributed by atoms with van der Waals surface area (Å²) in [7, 11) is 0. The van der Waals surface area contributed by atoms with Crippen molar-refractivity contribution in [3.63, 3.8) is 0 Å². The first kappa shape index (κ1) is 18.7. The summed E-state index contributed by atoms with van der Waals surface area (Å²) in [4.78, 5) is 29.7. The second-order valence-electron chi connectivity index (χ2n) is 7.34. The van der Waals surface area contributed by atoms with Gasteiger partial charge in [0.25, 0.3) is 0 Å². The van der Waals surface area contributed by atoms with Crippen molar-refractivity contribution in [3.05, 3.63) is 53.7 Å². The van der Waals surface area contributed by atoms with Crippen molar-refractivity contribution in [3.8, 4) is 0 Å². The van der Waals surface area contributed by atoms with Crippen molar-refractivity contribution >= 4 is 23.5 Å². The first-order valence-corrected chi connectivity index (χ1v) is 8.92. The number of aromatic nitrogens is 1. The number of nitrogens with zero attached hydrogens (tertiary/aromatic N) is 2. The van der Waals surface area contributed by atoms with Crippen molar-refractivity contribution < 1.29 is 14.7 Å². The van der Waals surface area contributed by atoms with E-state index < -0.39 is 11.5 Å². The molecule has 0 bridgehead atoms. The predicted molar refractivity (Wildman–Crippen MR) is 104 cm³/mol. The van der Waals surface area contributed by atoms with Crippen LogP contribution in [0, 0.1) is 0 Å². The fourth-order valence-corrected chi connectivity index (χ4v) is 3.18. The zero-order chi connectivity index (χ0) is 19.4. The van der Waals surface area contributed by atoms with E-state index in [-0.39, 0.29) is 12.5 Å². The Bertz CT molecular complexity index is 836. The molecular formula is C20H24N4O3. The van der Waals surface area contributed by atoms with Crippen LogP contribution in [0.1, 0.15) is 37.8 Å². The second kappa shape index (κ2) is 7.65. The quantitative estimate of drug-likeness (QED) is 0.727. The molecule has 0 atom stereocenters. The molecule has 7 nitrogen and oxygen atoms in total. The summed E-state index contributed by atoms with van der Waals surface area (Å²) in [6, 6.07) is 11.3. The predicted octanol–water partition coefficient (Wildman–Crippen LogP) is 3.37. The maximum Gasteiger partial charge on any atom is 0.319 e. The first-order valence-electron chi connectivity index (χ1n) is 8.92. The zero-order valence-corrected chi connectivity index (χ0v) is 15.5. The van der Waals surface area contributed by atoms with Crippen LogP contribution in [0.25, 0.3) is 0 Å². The summed E-state index contributed by atoms with van der Waals surface area (Å²) in [5.41, 5.74) is 2.38. The van der Waals surface area contributed by atoms with Crippen LogP contribution in [0.2, 0.25) is 0 Å². The maximum atomic E-state index is 12.4. The topological polar surface area (TPSA) is 94.6 Å². The molecule has 0 unspecified atom stereocenters. The Morgan fingerprint density at radius 1 is 1.19 bits per heavy atom. The Morgan fingerprint density at radius 2 is 2.00 bits per heavy atom. The molecule has 7 heteroatoms. The molecule has 1 aliphatic rings. The Labute approximate surface area is 158 Å². The van der Waals surface area contributed by atoms with Crippen LogP contribution in [0.4, 0.5) is 16.3 Å². The summed E-state index contributed by atoms with van der Waals surface area (Å²) >= 11 is 0. The molecule has 3 N–H and O–H groups in total. The van der Waals surface area contributed by atoms with E-state index in [4.69, 9.17) is 5.11 Å². The van der Waals surface area contributed by atoms with E-state index >= 15 is 0 Å². The van der Waals surface area contributed by atoms with Crippen molar-refractivity contribution in [1.29, 1.82) is 0 Å². The number of hydrogen-bond donors (Lipinski definition) is 3. The third kappa shape index (κ3) is 4.75. The minimum absolute atomic E-state index is 0.00699. The van der Waals surface area contributed by atoms with E-state index in [2.05, 4.69) is 26.6 Å². The number of fused-ring (bicyclic) bond motifs is 1. The van der Waals surface area contributed by atoms with Crippen LogP contribution in [-0.4, -0.2) is 27.6 Å². The Balaban J connectivity index is 1.67. The number of carbonyl (C=O) groups is 2. The molecule has 0 saturated heterocycles. The lowest BCUT2D eigenvalue weighted by Gasteiger charge is -2.26. The maximum absolute atomic E-state index is 12.4. The average molecular weight is 368 g/mol. The van der Waals surface area contributed by atoms with Crippen molar-refractivity contribution in [2.45, 2.75) is 45.3 Å². The fourth-order valence-electron chi connectivity index (χ4n) is 3.18. The molecule has 0 saturated carbocycles. The SMILES string of the molecule is CC(C)(CCC(=O)O)NC(=O)Nc1cccc2c1CN(c1ccccn1)C2. The number of hydrogen-bond acceptors (Lipinski definition) is 4. The van der Waals surface area contributed by atoms with Crippen LogP contribution in [0.15, 0.2) is 42.6 Å². The minimum atomic E-state index is -0.874. The highest BCUT2D eigenvalue weighted by Crippen LogP contribution is 2.31. The highest BCUT2D eigenvalue weighted by atomic mass is 16.4. The lowest BCUT2D eigenvalue weighted by Crippen LogP contribution is -2.45. The van der Waals surface area contributed by atoms with Gasteiger partial charge in [0.1, 0.15) is 5.82 Å². The summed E-state index contributed by atoms with van der Waals surface area (Å²) in [5, 5.41) is 14.6. The number of urea groups is 1. The molecule has 0 fully saturated rings. The van der Waals surface area contributed by atoms with Gasteiger partial charge in [-0.1, -0.05) is 18.2 Å². The number of rotatable bonds is 6. The van der Waals surface area contributed by atoms with E-state index in [1.165, 1.54) is 0 Å². The molecule has 1 aliphatic heterocycles. The Kier molecular flexibility index (Phi) is 5.30. The van der Waals surface area contributed by atoms with Gasteiger partial charge < -0.3 is 20.6 Å². The number of anilines is 2. The van der Waals surface area contributed by atoms with E-state index in [0.717, 1.165) is 29.2 Å². The smallest absolute Gasteiger partial charge is 0.319 e. The number of benzene rings is 1. The fraction of sp³-hybridized carbons (Fsp3) is 0.350. The van der Waals surface area contributed by atoms with Gasteiger partial charge in [0, 0.05) is 42.5 Å². The Hall–Kier alpha value is -3.09. The van der Waals surface area contributed by atoms with Gasteiger partial charge in [-0.25, -0.2) is 9.78 Å². The van der Waals surface area contributed by atoms with Gasteiger partial charge in [-0.15, -0.1) is 0 Å². The molecule has 0 spiro atoms. The molecule has 2 heterocycles. The Morgan fingerprint density at radius 3 is 2.70 bits per heavy atom. The van der Waals surface area contributed by atoms with Gasteiger partial charge in [0.2, 0.25) is 0 Å². The van der Waals surface area contributed by atoms with Gasteiger partial charge >= 0.3 is 12.0 Å². The molecule has 27 heavy (non-hydrogen) atoms. The largest absolute Gasteiger partial charge is 0.481 e. The average Bonchev–Trinajstić information content (AvgIpc) is 3.06. The van der Waals surface area contributed by atoms with Gasteiger partial charge in [0.05, 0.1) is 0 Å². The highest BCUT2D eigenvalue weighted by Gasteiger charge is 2.25. The van der Waals surface area contributed by atoms with Crippen molar-refractivity contribution in [2.24, 2.45) is 0 Å². The van der Waals surface area contributed by atoms with Crippen LogP contribution in [0.3, 0.4) is 0 Å². The van der Waals surface area contributed by atoms with E-state index in [1.54, 1.807) is 6.20 Å². The van der Waals surface area contributed by atoms with Crippen LogP contribution >= 0.6 is 0 Å². The lowest BCUT2D eigenvalue weighted by molar-refractivity contribution is -0.137. The highest BCUT2D eigenvalue weighted by molar-refractivity contribution is 5.91. The molecule has 2 amide bonds. The first-order chi connectivity index (χ1) is 12.8. The zero-order valence-electron chi connectivity index (χ0n) is 15.5. The number of nitrogens with one attached hydrogen (secondary N) is 2. The van der Waals surface area contributed by atoms with Gasteiger partial charge in [-0.3, -0.25) is 4.79 Å². The van der Waals surface area contributed by atoms with Crippen molar-refractivity contribution in [1.82, 2.24) is 10.3 Å². The molecule has 1 aromatic heterocycles. The second-order valence-corrected chi connectivity index (χ2v) is 7.34. The summed E-state index contributed by atoms with van der Waals surface area (Å²) < 4.78 is 0. The molecular weight excluding hydrogens is 344 g/mol. The summed E-state index contributed by atoms with van der Waals surface area (Å²) in [6.45, 7) is 5.04. The van der Waals surface area contributed by atoms with E-state index in [9.17, 15) is 9.59 Å². The third-order valence-electron chi connectivity index (χ3n) is 4.62. The standard InChI is InChI=1S/C20H24N4O3/c1-20(2,10-9-18(25)26)23-19(27)22-16-7-5-6-14-12-24(13-15(14)16)17-8-3-4-11-21-17/h3-8,11H,9-10,12-13H2,1-2H3,(H,25,26)(H2,22,23,27). The summed E-state index contributed by atoms with van der Waals surface area (Å²) in [5.74, 6) is 0.0275. The van der Waals surface area contributed by atoms with Crippen LogP contribution in [-0.2, 0) is 17.9 Å². The van der Waals surface area contributed by atoms with Crippen molar-refractivity contribution in [2.75, 3.05) is 10.2 Å². The van der Waals surface area contributed by atoms with Crippen LogP contribution in [0.5, 0.6) is 0 Å². The lowest BCUT2D eigenvalue weighted by atomic mass is 9.99. The monoisotopic (exact) mass is 368 g/mol. The van der Waals surface area contributed by atoms with E-state index in [1.807, 2.05) is 44.2 Å². The van der Waals surface area contributed by atoms with Gasteiger partial charge in [-0.05, 0) is 44.0 Å². The minimum Gasteiger partial charge on any atom is -0.481 e.